The third kappa shape index (κ3) is 6.87. The second-order valence-corrected chi connectivity index (χ2v) is 22.4. The molecule has 1 aliphatic carbocycles. The van der Waals surface area contributed by atoms with Crippen molar-refractivity contribution in [2.75, 3.05) is 0 Å². The Hall–Kier alpha value is -1.50. The van der Waals surface area contributed by atoms with Crippen molar-refractivity contribution in [1.82, 2.24) is 0 Å². The molecule has 4 rings (SSSR count). The Morgan fingerprint density at radius 1 is 0.667 bits per heavy atom. The Morgan fingerprint density at radius 3 is 1.36 bits per heavy atom. The predicted molar refractivity (Wildman–Crippen MR) is 169 cm³/mol. The van der Waals surface area contributed by atoms with Gasteiger partial charge in [0.2, 0.25) is 0 Å². The molecule has 0 unspecified atom stereocenters. The first-order valence-electron chi connectivity index (χ1n) is 14.1. The van der Waals surface area contributed by atoms with Gasteiger partial charge in [-0.1, -0.05) is 0 Å². The predicted octanol–water partition coefficient (Wildman–Crippen LogP) is 9.21. The topological polar surface area (TPSA) is 43.2 Å². The number of rotatable bonds is 0. The van der Waals surface area contributed by atoms with Crippen molar-refractivity contribution in [2.45, 2.75) is 118 Å². The fraction of sp³-hybridized carbons (Fsp3) is 0.562. The Balaban J connectivity index is 2.05. The van der Waals surface area contributed by atoms with E-state index < -0.39 is 12.1 Å². The zero-order chi connectivity index (χ0) is 28.9. The number of benzene rings is 2. The van der Waals surface area contributed by atoms with Crippen LogP contribution < -0.4 is 7.53 Å². The molecule has 0 radical (unpaired) electrons. The molecule has 0 saturated heterocycles. The van der Waals surface area contributed by atoms with Gasteiger partial charge >= 0.3 is 248 Å². The van der Waals surface area contributed by atoms with Crippen LogP contribution in [0.5, 0.6) is 11.5 Å². The number of halogens is 2. The number of aliphatic imine (C=N–C) groups is 2. The minimum atomic E-state index is -4.44. The van der Waals surface area contributed by atoms with Crippen LogP contribution in [0.15, 0.2) is 34.3 Å². The van der Waals surface area contributed by atoms with E-state index in [4.69, 9.17) is 37.5 Å². The van der Waals surface area contributed by atoms with Gasteiger partial charge in [-0.3, -0.25) is 0 Å². The van der Waals surface area contributed by atoms with E-state index in [0.717, 1.165) is 70.5 Å². The minimum absolute atomic E-state index is 0.107. The van der Waals surface area contributed by atoms with Crippen LogP contribution in [-0.4, -0.2) is 35.6 Å². The van der Waals surface area contributed by atoms with Gasteiger partial charge in [0.25, 0.3) is 0 Å². The molecule has 4 nitrogen and oxygen atoms in total. The molecule has 2 aliphatic rings. The summed E-state index contributed by atoms with van der Waals surface area (Å²) in [6.07, 6.45) is 4.35. The van der Waals surface area contributed by atoms with Gasteiger partial charge in [0.1, 0.15) is 0 Å². The first-order valence-corrected chi connectivity index (χ1v) is 21.3. The second-order valence-electron chi connectivity index (χ2n) is 13.4. The van der Waals surface area contributed by atoms with Gasteiger partial charge in [-0.2, -0.15) is 0 Å². The molecular weight excluding hydrogens is 588 g/mol. The summed E-state index contributed by atoms with van der Waals surface area (Å²) in [6, 6.07) is 8.83. The SMILES string of the molecule is CC1=N[C@@H]2CCCC[C@H]2N=C(C)c2cc(C)cc(C(C)(C)C)c2[O][Ge]([Cl])([Cl])[O]c2c1cc(C)cc2C(C)(C)C. The molecule has 1 heterocycles. The molecule has 1 fully saturated rings. The summed E-state index contributed by atoms with van der Waals surface area (Å²) >= 11 is -4.44. The van der Waals surface area contributed by atoms with E-state index in [1.165, 1.54) is 0 Å². The van der Waals surface area contributed by atoms with Crippen molar-refractivity contribution in [2.24, 2.45) is 9.98 Å². The first kappa shape index (κ1) is 30.5. The molecule has 1 saturated carbocycles. The summed E-state index contributed by atoms with van der Waals surface area (Å²) in [5, 5.41) is 0. The van der Waals surface area contributed by atoms with E-state index in [9.17, 15) is 0 Å². The fourth-order valence-electron chi connectivity index (χ4n) is 5.71. The molecule has 2 atom stereocenters. The molecule has 2 aromatic rings. The molecule has 2 aromatic carbocycles. The average molecular weight is 632 g/mol. The van der Waals surface area contributed by atoms with E-state index in [1.54, 1.807) is 0 Å². The molecule has 0 N–H and O–H groups in total. The van der Waals surface area contributed by atoms with E-state index in [1.807, 2.05) is 0 Å². The van der Waals surface area contributed by atoms with Crippen molar-refractivity contribution in [3.63, 3.8) is 0 Å². The number of nitrogens with zero attached hydrogens (tertiary/aromatic N) is 2. The Morgan fingerprint density at radius 2 is 1.03 bits per heavy atom. The molecule has 0 bridgehead atoms. The van der Waals surface area contributed by atoms with Crippen LogP contribution in [0, 0.1) is 13.8 Å². The molecular formula is C32H44Cl2GeN2O2. The van der Waals surface area contributed by atoms with Gasteiger partial charge in [0, 0.05) is 0 Å². The standard InChI is InChI=1S/C32H44Cl2GeN2O2/c1-19-15-23-21(3)36-27-13-11-12-14-28(27)37-22(4)24-16-20(2)18-26(32(8,9)10)30(24)39-35(33,34)38-29(23)25(17-19)31(5,6)7/h15-18,27-28H,11-14H2,1-10H3/t27-,28-/m1/s1. The summed E-state index contributed by atoms with van der Waals surface area (Å²) in [4.78, 5) is 10.6. The Bertz CT molecular complexity index is 1220. The van der Waals surface area contributed by atoms with E-state index >= 15 is 0 Å². The van der Waals surface area contributed by atoms with E-state index in [-0.39, 0.29) is 22.9 Å². The van der Waals surface area contributed by atoms with Crippen molar-refractivity contribution >= 4 is 43.5 Å². The van der Waals surface area contributed by atoms with Crippen LogP contribution in [0.1, 0.15) is 114 Å². The summed E-state index contributed by atoms with van der Waals surface area (Å²) < 4.78 is 13.4. The number of hydrogen-bond donors (Lipinski definition) is 0. The van der Waals surface area contributed by atoms with Crippen molar-refractivity contribution in [3.05, 3.63) is 57.6 Å². The van der Waals surface area contributed by atoms with Crippen LogP contribution in [0.4, 0.5) is 0 Å². The third-order valence-electron chi connectivity index (χ3n) is 7.72. The summed E-state index contributed by atoms with van der Waals surface area (Å²) in [5.41, 5.74) is 7.72. The van der Waals surface area contributed by atoms with Gasteiger partial charge in [-0.25, -0.2) is 0 Å². The van der Waals surface area contributed by atoms with Gasteiger partial charge in [-0.05, 0) is 0 Å². The van der Waals surface area contributed by atoms with Crippen molar-refractivity contribution in [3.8, 4) is 11.5 Å². The molecule has 0 aromatic heterocycles. The Labute approximate surface area is 247 Å². The van der Waals surface area contributed by atoms with Gasteiger partial charge in [0.05, 0.1) is 0 Å². The van der Waals surface area contributed by atoms with Crippen LogP contribution in [0.25, 0.3) is 0 Å². The average Bonchev–Trinajstić information content (AvgIpc) is 2.80. The van der Waals surface area contributed by atoms with Gasteiger partial charge in [0.15, 0.2) is 0 Å². The molecule has 0 amide bonds. The monoisotopic (exact) mass is 632 g/mol. The zero-order valence-electron chi connectivity index (χ0n) is 25.3. The molecule has 212 valence electrons. The van der Waals surface area contributed by atoms with Crippen LogP contribution >= 0.6 is 20.0 Å². The summed E-state index contributed by atoms with van der Waals surface area (Å²) in [7, 11) is 14.3. The second kappa shape index (κ2) is 11.1. The Kier molecular flexibility index (Phi) is 8.64. The van der Waals surface area contributed by atoms with E-state index in [2.05, 4.69) is 93.5 Å². The van der Waals surface area contributed by atoms with Crippen molar-refractivity contribution < 1.29 is 7.53 Å². The normalized spacial score (nSPS) is 21.8. The third-order valence-corrected chi connectivity index (χ3v) is 11.2. The molecule has 39 heavy (non-hydrogen) atoms. The molecule has 1 aliphatic heterocycles. The van der Waals surface area contributed by atoms with Gasteiger partial charge in [-0.15, -0.1) is 0 Å². The maximum atomic E-state index is 7.13. The van der Waals surface area contributed by atoms with Crippen LogP contribution in [0.3, 0.4) is 0 Å². The maximum absolute atomic E-state index is 7.13. The quantitative estimate of drug-likeness (QED) is 0.272. The number of fused-ring (bicyclic) bond motifs is 3. The fourth-order valence-corrected chi connectivity index (χ4v) is 9.32. The van der Waals surface area contributed by atoms with Gasteiger partial charge < -0.3 is 0 Å². The first-order chi connectivity index (χ1) is 18.0. The molecule has 0 spiro atoms. The van der Waals surface area contributed by atoms with Crippen molar-refractivity contribution in [1.29, 1.82) is 0 Å². The van der Waals surface area contributed by atoms with E-state index in [0.29, 0.717) is 11.5 Å². The van der Waals surface area contributed by atoms with Crippen LogP contribution in [-0.2, 0) is 10.8 Å². The number of aryl methyl sites for hydroxylation is 2. The summed E-state index contributed by atoms with van der Waals surface area (Å²) in [6.45, 7) is 21.5. The summed E-state index contributed by atoms with van der Waals surface area (Å²) in [5.74, 6) is 1.38. The van der Waals surface area contributed by atoms with Crippen LogP contribution in [0.2, 0.25) is 0 Å². The number of hydrogen-bond acceptors (Lipinski definition) is 4. The molecule has 7 heteroatoms. The zero-order valence-corrected chi connectivity index (χ0v) is 28.9.